The van der Waals surface area contributed by atoms with Crippen molar-refractivity contribution in [3.63, 3.8) is 0 Å². The topological polar surface area (TPSA) is 64.2 Å². The average Bonchev–Trinajstić information content (AvgIpc) is 3.36. The molecule has 0 radical (unpaired) electrons. The summed E-state index contributed by atoms with van der Waals surface area (Å²) < 4.78 is 26.8. The Kier molecular flexibility index (Phi) is 7.99. The molecule has 1 aromatic rings. The molecule has 0 bridgehead atoms. The quantitative estimate of drug-likeness (QED) is 0.622. The van der Waals surface area contributed by atoms with Crippen LogP contribution in [0.1, 0.15) is 31.2 Å². The van der Waals surface area contributed by atoms with Crippen LogP contribution in [0.4, 0.5) is 0 Å². The molecule has 1 amide bonds. The van der Waals surface area contributed by atoms with E-state index in [-0.39, 0.29) is 11.8 Å². The Morgan fingerprint density at radius 3 is 2.06 bits per heavy atom. The number of carbonyl (C=O) groups excluding carboxylic acids is 1. The number of hydrogen-bond acceptors (Lipinski definition) is 5. The van der Waals surface area contributed by atoms with E-state index in [4.69, 9.17) is 0 Å². The number of hydrogen-bond donors (Lipinski definition) is 0. The van der Waals surface area contributed by atoms with Crippen molar-refractivity contribution in [2.45, 2.75) is 25.7 Å². The van der Waals surface area contributed by atoms with Crippen LogP contribution in [0.2, 0.25) is 0 Å². The summed E-state index contributed by atoms with van der Waals surface area (Å²) in [6.07, 6.45) is 5.49. The summed E-state index contributed by atoms with van der Waals surface area (Å²) in [4.78, 5) is 20.0. The summed E-state index contributed by atoms with van der Waals surface area (Å²) in [5, 5.41) is 1.28. The number of benzene rings is 1. The van der Waals surface area contributed by atoms with E-state index < -0.39 is 10.0 Å². The zero-order valence-corrected chi connectivity index (χ0v) is 19.8. The van der Waals surface area contributed by atoms with Crippen LogP contribution in [-0.4, -0.2) is 98.8 Å². The number of rotatable bonds is 7. The van der Waals surface area contributed by atoms with Crippen LogP contribution in [-0.2, 0) is 14.8 Å². The van der Waals surface area contributed by atoms with E-state index in [9.17, 15) is 13.2 Å². The van der Waals surface area contributed by atoms with Crippen molar-refractivity contribution in [3.05, 3.63) is 41.3 Å². The minimum Gasteiger partial charge on any atom is -0.340 e. The van der Waals surface area contributed by atoms with Crippen LogP contribution in [0.5, 0.6) is 0 Å². The third-order valence-electron chi connectivity index (χ3n) is 7.01. The van der Waals surface area contributed by atoms with E-state index in [1.165, 1.54) is 35.6 Å². The van der Waals surface area contributed by atoms with Gasteiger partial charge < -0.3 is 9.80 Å². The lowest BCUT2D eigenvalue weighted by Crippen LogP contribution is -2.52. The summed E-state index contributed by atoms with van der Waals surface area (Å²) >= 11 is 0. The highest BCUT2D eigenvalue weighted by Gasteiger charge is 2.33. The number of amides is 1. The van der Waals surface area contributed by atoms with Gasteiger partial charge in [0.25, 0.3) is 0 Å². The van der Waals surface area contributed by atoms with Crippen LogP contribution < -0.4 is 0 Å². The maximum Gasteiger partial charge on any atom is 0.236 e. The first-order valence-electron chi connectivity index (χ1n) is 12.0. The minimum atomic E-state index is -3.46. The first-order valence-corrected chi connectivity index (χ1v) is 13.5. The van der Waals surface area contributed by atoms with Gasteiger partial charge in [-0.3, -0.25) is 9.69 Å². The van der Waals surface area contributed by atoms with E-state index in [0.717, 1.165) is 44.8 Å². The Labute approximate surface area is 192 Å². The third-order valence-corrected chi connectivity index (χ3v) is 8.58. The molecular formula is C24H36N4O3S. The zero-order chi connectivity index (χ0) is 22.4. The van der Waals surface area contributed by atoms with Crippen molar-refractivity contribution in [1.82, 2.24) is 19.0 Å². The van der Waals surface area contributed by atoms with Crippen molar-refractivity contribution in [2.24, 2.45) is 5.92 Å². The molecule has 0 atom stereocenters. The fraction of sp³-hybridized carbons (Fsp3) is 0.625. The summed E-state index contributed by atoms with van der Waals surface area (Å²) in [6.45, 7) is 8.97. The lowest BCUT2D eigenvalue weighted by atomic mass is 9.96. The van der Waals surface area contributed by atoms with Crippen molar-refractivity contribution in [1.29, 1.82) is 0 Å². The molecule has 4 rings (SSSR count). The second kappa shape index (κ2) is 10.9. The maximum atomic E-state index is 13.0. The van der Waals surface area contributed by atoms with Crippen LogP contribution in [0.25, 0.3) is 6.08 Å². The third kappa shape index (κ3) is 6.19. The molecule has 0 N–H and O–H groups in total. The molecule has 0 unspecified atom stereocenters. The van der Waals surface area contributed by atoms with Crippen LogP contribution in [0, 0.1) is 5.92 Å². The molecule has 176 valence electrons. The summed E-state index contributed by atoms with van der Waals surface area (Å²) in [5.74, 6) is 0.150. The lowest BCUT2D eigenvalue weighted by Gasteiger charge is -2.38. The van der Waals surface area contributed by atoms with Gasteiger partial charge in [-0.2, -0.15) is 4.31 Å². The van der Waals surface area contributed by atoms with Gasteiger partial charge in [0.1, 0.15) is 0 Å². The van der Waals surface area contributed by atoms with Crippen molar-refractivity contribution >= 4 is 22.0 Å². The predicted octanol–water partition coefficient (Wildman–Crippen LogP) is 1.94. The fourth-order valence-electron chi connectivity index (χ4n) is 4.91. The SMILES string of the molecule is O=C(C1CCN(S(=O)(=O)C=Cc2ccccc2)CC1)N1CCN(CCN2CCCC2)CC1. The van der Waals surface area contributed by atoms with Gasteiger partial charge >= 0.3 is 0 Å². The molecule has 0 aliphatic carbocycles. The van der Waals surface area contributed by atoms with Gasteiger partial charge in [-0.05, 0) is 50.4 Å². The Balaban J connectivity index is 1.20. The van der Waals surface area contributed by atoms with E-state index in [1.54, 1.807) is 6.08 Å². The Morgan fingerprint density at radius 2 is 1.44 bits per heavy atom. The standard InChI is InChI=1S/C24H36N4O3S/c29-24(27-19-17-26(18-20-27)16-15-25-11-4-5-12-25)23-8-13-28(14-9-23)32(30,31)21-10-22-6-2-1-3-7-22/h1-3,6-7,10,21,23H,4-5,8-9,11-20H2. The molecular weight excluding hydrogens is 424 g/mol. The Hall–Kier alpha value is -1.74. The minimum absolute atomic E-state index is 0.0595. The van der Waals surface area contributed by atoms with E-state index >= 15 is 0 Å². The van der Waals surface area contributed by atoms with Gasteiger partial charge in [0.15, 0.2) is 0 Å². The molecule has 0 saturated carbocycles. The van der Waals surface area contributed by atoms with Crippen LogP contribution >= 0.6 is 0 Å². The number of likely N-dealkylation sites (tertiary alicyclic amines) is 1. The van der Waals surface area contributed by atoms with Gasteiger partial charge in [0, 0.05) is 63.7 Å². The van der Waals surface area contributed by atoms with E-state index in [0.29, 0.717) is 25.9 Å². The van der Waals surface area contributed by atoms with Gasteiger partial charge in [-0.1, -0.05) is 30.3 Å². The predicted molar refractivity (Wildman–Crippen MR) is 127 cm³/mol. The van der Waals surface area contributed by atoms with E-state index in [1.807, 2.05) is 35.2 Å². The number of nitrogens with zero attached hydrogens (tertiary/aromatic N) is 4. The molecule has 32 heavy (non-hydrogen) atoms. The molecule has 8 heteroatoms. The van der Waals surface area contributed by atoms with Crippen molar-refractivity contribution in [3.8, 4) is 0 Å². The molecule has 3 saturated heterocycles. The first kappa shape index (κ1) is 23.4. The highest BCUT2D eigenvalue weighted by molar-refractivity contribution is 7.92. The summed E-state index contributed by atoms with van der Waals surface area (Å²) in [7, 11) is -3.46. The Bertz CT molecular complexity index is 868. The van der Waals surface area contributed by atoms with Crippen molar-refractivity contribution in [2.75, 3.05) is 65.4 Å². The highest BCUT2D eigenvalue weighted by Crippen LogP contribution is 2.23. The molecule has 3 aliphatic heterocycles. The van der Waals surface area contributed by atoms with E-state index in [2.05, 4.69) is 9.80 Å². The lowest BCUT2D eigenvalue weighted by molar-refractivity contribution is -0.138. The van der Waals surface area contributed by atoms with Gasteiger partial charge in [-0.15, -0.1) is 0 Å². The normalized spacial score (nSPS) is 22.7. The number of sulfonamides is 1. The maximum absolute atomic E-state index is 13.0. The highest BCUT2D eigenvalue weighted by atomic mass is 32.2. The fourth-order valence-corrected chi connectivity index (χ4v) is 6.13. The second-order valence-electron chi connectivity index (χ2n) is 9.15. The molecule has 1 aromatic carbocycles. The number of piperazine rings is 1. The van der Waals surface area contributed by atoms with Gasteiger partial charge in [-0.25, -0.2) is 8.42 Å². The largest absolute Gasteiger partial charge is 0.340 e. The average molecular weight is 461 g/mol. The molecule has 0 spiro atoms. The number of piperidine rings is 1. The monoisotopic (exact) mass is 460 g/mol. The molecule has 3 heterocycles. The number of carbonyl (C=O) groups is 1. The smallest absolute Gasteiger partial charge is 0.236 e. The molecule has 7 nitrogen and oxygen atoms in total. The summed E-state index contributed by atoms with van der Waals surface area (Å²) in [6, 6.07) is 9.43. The molecule has 3 fully saturated rings. The van der Waals surface area contributed by atoms with Crippen molar-refractivity contribution < 1.29 is 13.2 Å². The zero-order valence-electron chi connectivity index (χ0n) is 18.9. The second-order valence-corrected chi connectivity index (χ2v) is 11.0. The van der Waals surface area contributed by atoms with Crippen LogP contribution in [0.15, 0.2) is 35.7 Å². The van der Waals surface area contributed by atoms with Crippen LogP contribution in [0.3, 0.4) is 0 Å². The first-order chi connectivity index (χ1) is 15.5. The van der Waals surface area contributed by atoms with Gasteiger partial charge in [0.05, 0.1) is 0 Å². The molecule has 0 aromatic heterocycles. The molecule has 3 aliphatic rings. The summed E-state index contributed by atoms with van der Waals surface area (Å²) in [5.41, 5.74) is 0.862. The Morgan fingerprint density at radius 1 is 0.844 bits per heavy atom. The van der Waals surface area contributed by atoms with Gasteiger partial charge in [0.2, 0.25) is 15.9 Å².